The Hall–Kier alpha value is -3.54. The highest BCUT2D eigenvalue weighted by Gasteiger charge is 2.34. The second kappa shape index (κ2) is 10.2. The number of aryl methyl sites for hydroxylation is 1. The van der Waals surface area contributed by atoms with Crippen molar-refractivity contribution in [3.8, 4) is 5.75 Å². The van der Waals surface area contributed by atoms with Gasteiger partial charge in [-0.3, -0.25) is 4.79 Å². The number of anilines is 2. The van der Waals surface area contributed by atoms with Gasteiger partial charge in [-0.25, -0.2) is 22.7 Å². The highest BCUT2D eigenvalue weighted by Crippen LogP contribution is 2.35. The summed E-state index contributed by atoms with van der Waals surface area (Å²) in [5.41, 5.74) is -0.246. The maximum atomic E-state index is 13.4. The summed E-state index contributed by atoms with van der Waals surface area (Å²) < 4.78 is 49.6. The average molecular weight is 495 g/mol. The number of carbonyl (C=O) groups excluding carboxylic acids is 3. The monoisotopic (exact) mass is 494 g/mol. The minimum Gasteiger partial charge on any atom is -0.495 e. The molecule has 0 atom stereocenters. The summed E-state index contributed by atoms with van der Waals surface area (Å²) in [4.78, 5) is 38.4. The van der Waals surface area contributed by atoms with E-state index in [9.17, 15) is 22.8 Å². The maximum Gasteiger partial charge on any atom is 0.344 e. The minimum atomic E-state index is -4.40. The molecule has 184 valence electrons. The Labute approximate surface area is 197 Å². The molecule has 0 bridgehead atoms. The molecule has 1 N–H and O–H groups in total. The molecule has 0 unspecified atom stereocenters. The maximum absolute atomic E-state index is 13.4. The van der Waals surface area contributed by atoms with Gasteiger partial charge in [-0.05, 0) is 45.4 Å². The van der Waals surface area contributed by atoms with E-state index in [1.54, 1.807) is 19.9 Å². The van der Waals surface area contributed by atoms with Crippen LogP contribution < -0.4 is 14.4 Å². The Balaban J connectivity index is 2.08. The molecule has 1 fully saturated rings. The largest absolute Gasteiger partial charge is 0.495 e. The first-order valence-electron chi connectivity index (χ1n) is 10.6. The van der Waals surface area contributed by atoms with Crippen molar-refractivity contribution in [3.63, 3.8) is 0 Å². The standard InChI is InChI=1S/C22H26N2O9S/c1-5-31-21(26)18-13(3)33-20(19(18)22(27)32-6-2)23-34(28,29)16-12-14(9-10-15(16)30-4)24-11-7-8-17(24)25/h9-10,12,23H,5-8,11H2,1-4H3. The number of esters is 2. The number of hydrogen-bond donors (Lipinski definition) is 1. The summed E-state index contributed by atoms with van der Waals surface area (Å²) in [6, 6.07) is 4.32. The van der Waals surface area contributed by atoms with Gasteiger partial charge in [0.25, 0.3) is 10.0 Å². The molecule has 1 aromatic carbocycles. The third-order valence-electron chi connectivity index (χ3n) is 5.09. The predicted molar refractivity (Wildman–Crippen MR) is 121 cm³/mol. The zero-order valence-corrected chi connectivity index (χ0v) is 20.1. The molecule has 0 spiro atoms. The van der Waals surface area contributed by atoms with E-state index in [1.807, 2.05) is 0 Å². The predicted octanol–water partition coefficient (Wildman–Crippen LogP) is 2.88. The molecule has 2 heterocycles. The number of methoxy groups -OCH3 is 1. The van der Waals surface area contributed by atoms with Gasteiger partial charge in [0.05, 0.1) is 20.3 Å². The van der Waals surface area contributed by atoms with Crippen molar-refractivity contribution in [2.24, 2.45) is 0 Å². The zero-order valence-electron chi connectivity index (χ0n) is 19.3. The number of nitrogens with zero attached hydrogens (tertiary/aromatic N) is 1. The quantitative estimate of drug-likeness (QED) is 0.521. The lowest BCUT2D eigenvalue weighted by Crippen LogP contribution is -2.24. The number of hydrogen-bond acceptors (Lipinski definition) is 9. The molecule has 0 aliphatic carbocycles. The molecule has 11 nitrogen and oxygen atoms in total. The van der Waals surface area contributed by atoms with Crippen LogP contribution in [0.1, 0.15) is 53.2 Å². The van der Waals surface area contributed by atoms with Crippen LogP contribution >= 0.6 is 0 Å². The van der Waals surface area contributed by atoms with E-state index >= 15 is 0 Å². The minimum absolute atomic E-state index is 0.00877. The van der Waals surface area contributed by atoms with E-state index in [0.29, 0.717) is 25.1 Å². The summed E-state index contributed by atoms with van der Waals surface area (Å²) >= 11 is 0. The molecular formula is C22H26N2O9S. The Bertz CT molecular complexity index is 1220. The van der Waals surface area contributed by atoms with Crippen LogP contribution in [0.5, 0.6) is 5.75 Å². The van der Waals surface area contributed by atoms with Gasteiger partial charge in [-0.1, -0.05) is 0 Å². The van der Waals surface area contributed by atoms with E-state index in [0.717, 1.165) is 0 Å². The molecule has 2 aromatic rings. The number of furan rings is 1. The number of benzene rings is 1. The zero-order chi connectivity index (χ0) is 25.0. The third kappa shape index (κ3) is 4.86. The first-order valence-corrected chi connectivity index (χ1v) is 12.1. The number of sulfonamides is 1. The second-order valence-corrected chi connectivity index (χ2v) is 8.92. The molecule has 12 heteroatoms. The molecule has 1 saturated heterocycles. The van der Waals surface area contributed by atoms with Crippen molar-refractivity contribution in [1.82, 2.24) is 0 Å². The van der Waals surface area contributed by atoms with E-state index in [1.165, 1.54) is 31.1 Å². The number of carbonyl (C=O) groups is 3. The fourth-order valence-corrected chi connectivity index (χ4v) is 4.79. The first-order chi connectivity index (χ1) is 16.1. The Kier molecular flexibility index (Phi) is 7.50. The molecule has 0 saturated carbocycles. The number of ether oxygens (including phenoxy) is 3. The van der Waals surface area contributed by atoms with Crippen LogP contribution in [0.25, 0.3) is 0 Å². The van der Waals surface area contributed by atoms with Crippen molar-refractivity contribution in [2.75, 3.05) is 36.5 Å². The summed E-state index contributed by atoms with van der Waals surface area (Å²) in [6.45, 7) is 5.03. The lowest BCUT2D eigenvalue weighted by atomic mass is 10.1. The molecule has 1 aliphatic rings. The van der Waals surface area contributed by atoms with Crippen LogP contribution in [0, 0.1) is 6.92 Å². The molecular weight excluding hydrogens is 468 g/mol. The average Bonchev–Trinajstić information content (AvgIpc) is 3.35. The van der Waals surface area contributed by atoms with Crippen LogP contribution in [-0.4, -0.2) is 53.1 Å². The van der Waals surface area contributed by atoms with Crippen LogP contribution in [0.3, 0.4) is 0 Å². The number of amides is 1. The smallest absolute Gasteiger partial charge is 0.344 e. The second-order valence-electron chi connectivity index (χ2n) is 7.27. The molecule has 3 rings (SSSR count). The lowest BCUT2D eigenvalue weighted by molar-refractivity contribution is -0.117. The topological polar surface area (TPSA) is 141 Å². The summed E-state index contributed by atoms with van der Waals surface area (Å²) in [5.74, 6) is -2.44. The SMILES string of the molecule is CCOC(=O)c1c(C)oc(NS(=O)(=O)c2cc(N3CCCC3=O)ccc2OC)c1C(=O)OCC. The Morgan fingerprint density at radius 1 is 1.12 bits per heavy atom. The number of rotatable bonds is 9. The van der Waals surface area contributed by atoms with Gasteiger partial charge in [-0.2, -0.15) is 0 Å². The van der Waals surface area contributed by atoms with Crippen molar-refractivity contribution in [2.45, 2.75) is 38.5 Å². The fraction of sp³-hybridized carbons (Fsp3) is 0.409. The van der Waals surface area contributed by atoms with Gasteiger partial charge in [0.15, 0.2) is 0 Å². The molecule has 1 aliphatic heterocycles. The normalized spacial score (nSPS) is 13.6. The highest BCUT2D eigenvalue weighted by atomic mass is 32.2. The van der Waals surface area contributed by atoms with Crippen molar-refractivity contribution in [1.29, 1.82) is 0 Å². The van der Waals surface area contributed by atoms with Crippen molar-refractivity contribution < 1.29 is 41.4 Å². The fourth-order valence-electron chi connectivity index (χ4n) is 3.61. The molecule has 1 amide bonds. The van der Waals surface area contributed by atoms with Gasteiger partial charge in [-0.15, -0.1) is 0 Å². The first kappa shape index (κ1) is 25.1. The Morgan fingerprint density at radius 3 is 2.32 bits per heavy atom. The highest BCUT2D eigenvalue weighted by molar-refractivity contribution is 7.92. The van der Waals surface area contributed by atoms with E-state index in [2.05, 4.69) is 4.72 Å². The van der Waals surface area contributed by atoms with E-state index in [-0.39, 0.29) is 41.1 Å². The van der Waals surface area contributed by atoms with Crippen molar-refractivity contribution >= 4 is 39.4 Å². The van der Waals surface area contributed by atoms with Gasteiger partial charge >= 0.3 is 11.9 Å². The van der Waals surface area contributed by atoms with Crippen molar-refractivity contribution in [3.05, 3.63) is 35.1 Å². The van der Waals surface area contributed by atoms with E-state index in [4.69, 9.17) is 18.6 Å². The van der Waals surface area contributed by atoms with Crippen LogP contribution in [0.2, 0.25) is 0 Å². The summed E-state index contributed by atoms with van der Waals surface area (Å²) in [7, 11) is -3.10. The van der Waals surface area contributed by atoms with Crippen LogP contribution in [0.15, 0.2) is 27.5 Å². The van der Waals surface area contributed by atoms with Gasteiger partial charge in [0, 0.05) is 18.7 Å². The molecule has 34 heavy (non-hydrogen) atoms. The van der Waals surface area contributed by atoms with Gasteiger partial charge in [0.2, 0.25) is 11.8 Å². The molecule has 0 radical (unpaired) electrons. The van der Waals surface area contributed by atoms with Crippen LogP contribution in [0.4, 0.5) is 11.6 Å². The molecule has 1 aromatic heterocycles. The third-order valence-corrected chi connectivity index (χ3v) is 6.44. The Morgan fingerprint density at radius 2 is 1.76 bits per heavy atom. The van der Waals surface area contributed by atoms with Gasteiger partial charge in [0.1, 0.15) is 27.5 Å². The summed E-state index contributed by atoms with van der Waals surface area (Å²) in [6.07, 6.45) is 1.04. The van der Waals surface area contributed by atoms with Gasteiger partial charge < -0.3 is 23.5 Å². The van der Waals surface area contributed by atoms with Crippen LogP contribution in [-0.2, 0) is 24.3 Å². The van der Waals surface area contributed by atoms with E-state index < -0.39 is 33.4 Å². The summed E-state index contributed by atoms with van der Waals surface area (Å²) in [5, 5.41) is 0. The lowest BCUT2D eigenvalue weighted by Gasteiger charge is -2.18. The number of nitrogens with one attached hydrogen (secondary N) is 1.